The minimum absolute atomic E-state index is 0.0596. The number of rotatable bonds is 3. The monoisotopic (exact) mass is 218 g/mol. The van der Waals surface area contributed by atoms with E-state index >= 15 is 0 Å². The molecule has 0 bridgehead atoms. The molecule has 0 amide bonds. The SMILES string of the molecule is Cc1cc([N+](=O)[O-])nc(C(F)F)c1CO. The van der Waals surface area contributed by atoms with E-state index in [-0.39, 0.29) is 11.1 Å². The first-order valence-electron chi connectivity index (χ1n) is 4.01. The van der Waals surface area contributed by atoms with Crippen LogP contribution in [0.5, 0.6) is 0 Å². The lowest BCUT2D eigenvalue weighted by atomic mass is 10.1. The Morgan fingerprint density at radius 1 is 1.67 bits per heavy atom. The van der Waals surface area contributed by atoms with Gasteiger partial charge in [-0.1, -0.05) is 0 Å². The average Bonchev–Trinajstić information content (AvgIpc) is 2.16. The lowest BCUT2D eigenvalue weighted by Crippen LogP contribution is -2.04. The van der Waals surface area contributed by atoms with E-state index in [9.17, 15) is 18.9 Å². The number of alkyl halides is 2. The highest BCUT2D eigenvalue weighted by molar-refractivity contribution is 5.37. The normalized spacial score (nSPS) is 10.7. The van der Waals surface area contributed by atoms with Gasteiger partial charge in [0.1, 0.15) is 0 Å². The number of aryl methyl sites for hydroxylation is 1. The Hall–Kier alpha value is -1.63. The third kappa shape index (κ3) is 2.24. The van der Waals surface area contributed by atoms with Crippen LogP contribution in [0.4, 0.5) is 14.6 Å². The smallest absolute Gasteiger partial charge is 0.364 e. The molecular formula is C8H8F2N2O3. The molecule has 1 heterocycles. The third-order valence-electron chi connectivity index (χ3n) is 1.92. The van der Waals surface area contributed by atoms with E-state index in [1.165, 1.54) is 6.92 Å². The summed E-state index contributed by atoms with van der Waals surface area (Å²) in [5, 5.41) is 19.2. The fourth-order valence-electron chi connectivity index (χ4n) is 1.19. The largest absolute Gasteiger partial charge is 0.392 e. The summed E-state index contributed by atoms with van der Waals surface area (Å²) in [6.45, 7) is 0.794. The minimum atomic E-state index is -2.94. The number of nitro groups is 1. The molecule has 0 fully saturated rings. The molecule has 5 nitrogen and oxygen atoms in total. The van der Waals surface area contributed by atoms with Crippen LogP contribution in [0.2, 0.25) is 0 Å². The van der Waals surface area contributed by atoms with E-state index < -0.39 is 29.5 Å². The maximum atomic E-state index is 12.4. The van der Waals surface area contributed by atoms with E-state index in [0.29, 0.717) is 0 Å². The number of pyridine rings is 1. The Kier molecular flexibility index (Phi) is 3.25. The molecule has 82 valence electrons. The molecule has 1 aromatic rings. The van der Waals surface area contributed by atoms with Crippen molar-refractivity contribution < 1.29 is 18.8 Å². The van der Waals surface area contributed by atoms with Crippen molar-refractivity contribution in [2.24, 2.45) is 0 Å². The number of aliphatic hydroxyl groups excluding tert-OH is 1. The number of aliphatic hydroxyl groups is 1. The highest BCUT2D eigenvalue weighted by Gasteiger charge is 2.25. The second kappa shape index (κ2) is 4.26. The summed E-state index contributed by atoms with van der Waals surface area (Å²) in [4.78, 5) is 12.7. The van der Waals surface area contributed by atoms with E-state index in [0.717, 1.165) is 6.07 Å². The van der Waals surface area contributed by atoms with E-state index in [1.807, 2.05) is 0 Å². The van der Waals surface area contributed by atoms with Gasteiger partial charge >= 0.3 is 12.2 Å². The Morgan fingerprint density at radius 2 is 2.27 bits per heavy atom. The van der Waals surface area contributed by atoms with Gasteiger partial charge in [0.25, 0.3) is 0 Å². The van der Waals surface area contributed by atoms with Gasteiger partial charge in [-0.3, -0.25) is 0 Å². The molecule has 0 aliphatic heterocycles. The summed E-state index contributed by atoms with van der Waals surface area (Å²) in [6.07, 6.45) is -2.94. The molecule has 1 aromatic heterocycles. The fourth-order valence-corrected chi connectivity index (χ4v) is 1.19. The Labute approximate surface area is 83.5 Å². The molecule has 0 unspecified atom stereocenters. The number of hydrogen-bond acceptors (Lipinski definition) is 4. The first-order valence-corrected chi connectivity index (χ1v) is 4.01. The Balaban J connectivity index is 3.38. The second-order valence-corrected chi connectivity index (χ2v) is 2.88. The van der Waals surface area contributed by atoms with Crippen molar-refractivity contribution in [1.82, 2.24) is 4.98 Å². The molecule has 15 heavy (non-hydrogen) atoms. The lowest BCUT2D eigenvalue weighted by Gasteiger charge is -2.05. The maximum Gasteiger partial charge on any atom is 0.364 e. The van der Waals surface area contributed by atoms with Crippen LogP contribution in [0.25, 0.3) is 0 Å². The van der Waals surface area contributed by atoms with Gasteiger partial charge in [-0.05, 0) is 22.4 Å². The van der Waals surface area contributed by atoms with Gasteiger partial charge in [-0.15, -0.1) is 0 Å². The van der Waals surface area contributed by atoms with Crippen molar-refractivity contribution in [2.75, 3.05) is 0 Å². The van der Waals surface area contributed by atoms with E-state index in [2.05, 4.69) is 4.98 Å². The van der Waals surface area contributed by atoms with Crippen molar-refractivity contribution in [1.29, 1.82) is 0 Å². The quantitative estimate of drug-likeness (QED) is 0.619. The summed E-state index contributed by atoms with van der Waals surface area (Å²) < 4.78 is 24.9. The van der Waals surface area contributed by atoms with Crippen LogP contribution >= 0.6 is 0 Å². The molecule has 1 rings (SSSR count). The zero-order chi connectivity index (χ0) is 11.6. The number of nitrogens with zero attached hydrogens (tertiary/aromatic N) is 2. The van der Waals surface area contributed by atoms with Gasteiger partial charge in [-0.25, -0.2) is 8.78 Å². The summed E-state index contributed by atoms with van der Waals surface area (Å²) in [7, 11) is 0. The van der Waals surface area contributed by atoms with Crippen LogP contribution < -0.4 is 0 Å². The molecule has 1 N–H and O–H groups in total. The average molecular weight is 218 g/mol. The molecule has 0 atom stereocenters. The zero-order valence-electron chi connectivity index (χ0n) is 7.78. The molecule has 0 spiro atoms. The lowest BCUT2D eigenvalue weighted by molar-refractivity contribution is -0.389. The maximum absolute atomic E-state index is 12.4. The molecule has 0 aliphatic rings. The summed E-state index contributed by atoms with van der Waals surface area (Å²) in [5.41, 5.74) is -0.561. The summed E-state index contributed by atoms with van der Waals surface area (Å²) in [5.74, 6) is -0.639. The Bertz CT molecular complexity index is 396. The number of aromatic nitrogens is 1. The van der Waals surface area contributed by atoms with Crippen LogP contribution in [0, 0.1) is 17.0 Å². The van der Waals surface area contributed by atoms with Crippen LogP contribution in [-0.2, 0) is 6.61 Å². The molecule has 0 saturated carbocycles. The fraction of sp³-hybridized carbons (Fsp3) is 0.375. The predicted molar refractivity (Wildman–Crippen MR) is 46.5 cm³/mol. The van der Waals surface area contributed by atoms with Crippen LogP contribution in [0.3, 0.4) is 0 Å². The Morgan fingerprint density at radius 3 is 2.67 bits per heavy atom. The minimum Gasteiger partial charge on any atom is -0.392 e. The van der Waals surface area contributed by atoms with E-state index in [4.69, 9.17) is 5.11 Å². The first-order chi connectivity index (χ1) is 6.97. The van der Waals surface area contributed by atoms with Crippen molar-refractivity contribution in [3.63, 3.8) is 0 Å². The van der Waals surface area contributed by atoms with Gasteiger partial charge in [0.2, 0.25) is 5.69 Å². The highest BCUT2D eigenvalue weighted by atomic mass is 19.3. The van der Waals surface area contributed by atoms with Gasteiger partial charge in [-0.2, -0.15) is 0 Å². The van der Waals surface area contributed by atoms with Gasteiger partial charge in [0.05, 0.1) is 6.61 Å². The van der Waals surface area contributed by atoms with Crippen molar-refractivity contribution in [3.8, 4) is 0 Å². The molecular weight excluding hydrogens is 210 g/mol. The standard InChI is InChI=1S/C8H8F2N2O3/c1-4-2-6(12(14)15)11-7(8(9)10)5(4)3-13/h2,8,13H,3H2,1H3. The topological polar surface area (TPSA) is 76.3 Å². The second-order valence-electron chi connectivity index (χ2n) is 2.88. The van der Waals surface area contributed by atoms with Crippen LogP contribution in [-0.4, -0.2) is 15.0 Å². The van der Waals surface area contributed by atoms with Gasteiger partial charge in [0, 0.05) is 11.6 Å². The number of halogens is 2. The van der Waals surface area contributed by atoms with Crippen LogP contribution in [0.15, 0.2) is 6.07 Å². The van der Waals surface area contributed by atoms with Gasteiger partial charge in [0.15, 0.2) is 0 Å². The van der Waals surface area contributed by atoms with Gasteiger partial charge < -0.3 is 15.2 Å². The van der Waals surface area contributed by atoms with E-state index in [1.54, 1.807) is 0 Å². The van der Waals surface area contributed by atoms with Crippen molar-refractivity contribution in [2.45, 2.75) is 20.0 Å². The zero-order valence-corrected chi connectivity index (χ0v) is 7.78. The first kappa shape index (κ1) is 11.4. The molecule has 7 heteroatoms. The number of hydrogen-bond donors (Lipinski definition) is 1. The predicted octanol–water partition coefficient (Wildman–Crippen LogP) is 1.73. The molecule has 0 aromatic carbocycles. The summed E-state index contributed by atoms with van der Waals surface area (Å²) in [6, 6.07) is 1.05. The van der Waals surface area contributed by atoms with Crippen molar-refractivity contribution >= 4 is 5.82 Å². The molecule has 0 saturated heterocycles. The summed E-state index contributed by atoms with van der Waals surface area (Å²) >= 11 is 0. The molecule has 0 aliphatic carbocycles. The molecule has 0 radical (unpaired) electrons. The third-order valence-corrected chi connectivity index (χ3v) is 1.92. The van der Waals surface area contributed by atoms with Crippen LogP contribution in [0.1, 0.15) is 23.2 Å². The highest BCUT2D eigenvalue weighted by Crippen LogP contribution is 2.26. The van der Waals surface area contributed by atoms with Crippen molar-refractivity contribution in [3.05, 3.63) is 33.0 Å².